The van der Waals surface area contributed by atoms with E-state index in [0.29, 0.717) is 12.4 Å². The Bertz CT molecular complexity index is 310. The Kier molecular flexibility index (Phi) is 3.87. The molecule has 0 spiro atoms. The third-order valence-corrected chi connectivity index (χ3v) is 1.73. The number of rotatable bonds is 5. The van der Waals surface area contributed by atoms with Crippen LogP contribution >= 0.6 is 0 Å². The van der Waals surface area contributed by atoms with E-state index in [9.17, 15) is 0 Å². The summed E-state index contributed by atoms with van der Waals surface area (Å²) in [6.07, 6.45) is 3.06. The van der Waals surface area contributed by atoms with Gasteiger partial charge in [0.2, 0.25) is 0 Å². The van der Waals surface area contributed by atoms with Gasteiger partial charge in [0, 0.05) is 13.1 Å². The standard InChI is InChI=1S/C9H15N5/c1-3-11-8-7(5-10)9(12-4-2)14-6-13-8/h3,6H,1,4-5,10H2,2H3,(H2,11,12,13,14). The lowest BCUT2D eigenvalue weighted by Crippen LogP contribution is -2.10. The number of hydrogen-bond acceptors (Lipinski definition) is 5. The summed E-state index contributed by atoms with van der Waals surface area (Å²) in [5, 5.41) is 6.04. The first-order chi connectivity index (χ1) is 6.83. The Morgan fingerprint density at radius 2 is 2.21 bits per heavy atom. The first-order valence-electron chi connectivity index (χ1n) is 4.48. The molecule has 0 fully saturated rings. The summed E-state index contributed by atoms with van der Waals surface area (Å²) in [7, 11) is 0. The van der Waals surface area contributed by atoms with Gasteiger partial charge in [-0.1, -0.05) is 6.58 Å². The zero-order valence-corrected chi connectivity index (χ0v) is 8.25. The highest BCUT2D eigenvalue weighted by atomic mass is 15.1. The molecule has 1 aromatic rings. The monoisotopic (exact) mass is 193 g/mol. The Morgan fingerprint density at radius 3 is 2.79 bits per heavy atom. The molecule has 0 saturated heterocycles. The fourth-order valence-electron chi connectivity index (χ4n) is 1.15. The summed E-state index contributed by atoms with van der Waals surface area (Å²) < 4.78 is 0. The highest BCUT2D eigenvalue weighted by Gasteiger charge is 2.07. The van der Waals surface area contributed by atoms with Gasteiger partial charge >= 0.3 is 0 Å². The fourth-order valence-corrected chi connectivity index (χ4v) is 1.15. The van der Waals surface area contributed by atoms with Gasteiger partial charge in [-0.3, -0.25) is 0 Å². The topological polar surface area (TPSA) is 75.9 Å². The molecule has 0 aliphatic rings. The van der Waals surface area contributed by atoms with Gasteiger partial charge in [0.25, 0.3) is 0 Å². The predicted octanol–water partition coefficient (Wildman–Crippen LogP) is 0.922. The molecule has 14 heavy (non-hydrogen) atoms. The van der Waals surface area contributed by atoms with Crippen LogP contribution in [0.5, 0.6) is 0 Å². The van der Waals surface area contributed by atoms with Crippen LogP contribution in [0.3, 0.4) is 0 Å². The van der Waals surface area contributed by atoms with Crippen LogP contribution in [0.4, 0.5) is 11.6 Å². The maximum atomic E-state index is 5.62. The molecule has 1 heterocycles. The van der Waals surface area contributed by atoms with Crippen LogP contribution in [-0.2, 0) is 6.54 Å². The molecule has 0 radical (unpaired) electrons. The van der Waals surface area contributed by atoms with Crippen LogP contribution in [-0.4, -0.2) is 16.5 Å². The van der Waals surface area contributed by atoms with Crippen molar-refractivity contribution in [3.63, 3.8) is 0 Å². The van der Waals surface area contributed by atoms with Crippen molar-refractivity contribution in [2.75, 3.05) is 17.2 Å². The lowest BCUT2D eigenvalue weighted by Gasteiger charge is -2.11. The maximum absolute atomic E-state index is 5.62. The molecule has 0 aliphatic carbocycles. The second kappa shape index (κ2) is 5.18. The van der Waals surface area contributed by atoms with Gasteiger partial charge in [0.1, 0.15) is 18.0 Å². The molecule has 76 valence electrons. The summed E-state index contributed by atoms with van der Waals surface area (Å²) in [5.74, 6) is 1.47. The fraction of sp³-hybridized carbons (Fsp3) is 0.333. The average molecular weight is 193 g/mol. The molecule has 5 heteroatoms. The number of aromatic nitrogens is 2. The van der Waals surface area contributed by atoms with Gasteiger partial charge in [0.15, 0.2) is 0 Å². The molecule has 0 aromatic carbocycles. The molecule has 0 atom stereocenters. The molecule has 0 amide bonds. The van der Waals surface area contributed by atoms with E-state index in [1.165, 1.54) is 6.33 Å². The normalized spacial score (nSPS) is 9.57. The van der Waals surface area contributed by atoms with Gasteiger partial charge in [0.05, 0.1) is 5.56 Å². The first kappa shape index (κ1) is 10.5. The Balaban J connectivity index is 3.03. The minimum absolute atomic E-state index is 0.388. The molecule has 1 rings (SSSR count). The Labute approximate surface area is 83.4 Å². The van der Waals surface area contributed by atoms with E-state index in [4.69, 9.17) is 5.73 Å². The van der Waals surface area contributed by atoms with Crippen molar-refractivity contribution in [2.45, 2.75) is 13.5 Å². The number of anilines is 2. The molecular formula is C9H15N5. The largest absolute Gasteiger partial charge is 0.370 e. The Hall–Kier alpha value is -1.62. The van der Waals surface area contributed by atoms with Crippen LogP contribution < -0.4 is 16.4 Å². The van der Waals surface area contributed by atoms with E-state index in [-0.39, 0.29) is 0 Å². The minimum atomic E-state index is 0.388. The molecular weight excluding hydrogens is 178 g/mol. The third kappa shape index (κ3) is 2.20. The summed E-state index contributed by atoms with van der Waals surface area (Å²) in [4.78, 5) is 8.17. The summed E-state index contributed by atoms with van der Waals surface area (Å²) in [6, 6.07) is 0. The quantitative estimate of drug-likeness (QED) is 0.648. The lowest BCUT2D eigenvalue weighted by atomic mass is 10.2. The van der Waals surface area contributed by atoms with E-state index in [1.54, 1.807) is 6.20 Å². The van der Waals surface area contributed by atoms with Crippen LogP contribution in [0, 0.1) is 0 Å². The van der Waals surface area contributed by atoms with Crippen molar-refractivity contribution in [1.82, 2.24) is 9.97 Å². The van der Waals surface area contributed by atoms with E-state index in [1.807, 2.05) is 6.92 Å². The SMILES string of the molecule is C=CNc1ncnc(NCC)c1CN. The van der Waals surface area contributed by atoms with Gasteiger partial charge in [-0.05, 0) is 13.1 Å². The van der Waals surface area contributed by atoms with Crippen LogP contribution in [0.1, 0.15) is 12.5 Å². The summed E-state index contributed by atoms with van der Waals surface area (Å²) in [6.45, 7) is 6.77. The van der Waals surface area contributed by atoms with Crippen molar-refractivity contribution < 1.29 is 0 Å². The molecule has 4 N–H and O–H groups in total. The molecule has 0 saturated carbocycles. The number of nitrogens with two attached hydrogens (primary N) is 1. The third-order valence-electron chi connectivity index (χ3n) is 1.73. The lowest BCUT2D eigenvalue weighted by molar-refractivity contribution is 0.999. The second-order valence-electron chi connectivity index (χ2n) is 2.63. The van der Waals surface area contributed by atoms with Crippen molar-refractivity contribution in [2.24, 2.45) is 5.73 Å². The highest BCUT2D eigenvalue weighted by Crippen LogP contribution is 2.18. The number of nitrogens with one attached hydrogen (secondary N) is 2. The first-order valence-corrected chi connectivity index (χ1v) is 4.48. The zero-order chi connectivity index (χ0) is 10.4. The minimum Gasteiger partial charge on any atom is -0.370 e. The average Bonchev–Trinajstić information content (AvgIpc) is 2.19. The van der Waals surface area contributed by atoms with Gasteiger partial charge in [-0.15, -0.1) is 0 Å². The molecule has 0 unspecified atom stereocenters. The molecule has 5 nitrogen and oxygen atoms in total. The maximum Gasteiger partial charge on any atom is 0.139 e. The van der Waals surface area contributed by atoms with Gasteiger partial charge in [-0.2, -0.15) is 0 Å². The van der Waals surface area contributed by atoms with Crippen molar-refractivity contribution >= 4 is 11.6 Å². The van der Waals surface area contributed by atoms with E-state index in [2.05, 4.69) is 27.2 Å². The van der Waals surface area contributed by atoms with Crippen molar-refractivity contribution in [1.29, 1.82) is 0 Å². The smallest absolute Gasteiger partial charge is 0.139 e. The van der Waals surface area contributed by atoms with E-state index < -0.39 is 0 Å². The van der Waals surface area contributed by atoms with Gasteiger partial charge < -0.3 is 16.4 Å². The predicted molar refractivity (Wildman–Crippen MR) is 57.9 cm³/mol. The van der Waals surface area contributed by atoms with Crippen molar-refractivity contribution in [3.8, 4) is 0 Å². The Morgan fingerprint density at radius 1 is 1.50 bits per heavy atom. The van der Waals surface area contributed by atoms with Crippen LogP contribution in [0.2, 0.25) is 0 Å². The summed E-state index contributed by atoms with van der Waals surface area (Å²) in [5.41, 5.74) is 6.49. The molecule has 0 aliphatic heterocycles. The van der Waals surface area contributed by atoms with E-state index in [0.717, 1.165) is 17.9 Å². The van der Waals surface area contributed by atoms with Gasteiger partial charge in [-0.25, -0.2) is 9.97 Å². The highest BCUT2D eigenvalue weighted by molar-refractivity contribution is 5.58. The number of hydrogen-bond donors (Lipinski definition) is 3. The van der Waals surface area contributed by atoms with Crippen LogP contribution in [0.15, 0.2) is 19.1 Å². The van der Waals surface area contributed by atoms with Crippen LogP contribution in [0.25, 0.3) is 0 Å². The van der Waals surface area contributed by atoms with Crippen molar-refractivity contribution in [3.05, 3.63) is 24.7 Å². The second-order valence-corrected chi connectivity index (χ2v) is 2.63. The molecule has 0 bridgehead atoms. The zero-order valence-electron chi connectivity index (χ0n) is 8.25. The molecule has 1 aromatic heterocycles. The number of nitrogens with zero attached hydrogens (tertiary/aromatic N) is 2. The summed E-state index contributed by atoms with van der Waals surface area (Å²) >= 11 is 0. The van der Waals surface area contributed by atoms with E-state index >= 15 is 0 Å².